The van der Waals surface area contributed by atoms with Gasteiger partial charge in [-0.25, -0.2) is 15.0 Å². The van der Waals surface area contributed by atoms with Gasteiger partial charge in [-0.3, -0.25) is 4.79 Å². The zero-order valence-electron chi connectivity index (χ0n) is 10.8. The van der Waals surface area contributed by atoms with Crippen LogP contribution in [0.5, 0.6) is 0 Å². The number of nitrogens with one attached hydrogen (secondary N) is 2. The van der Waals surface area contributed by atoms with Crippen LogP contribution in [0.1, 0.15) is 11.4 Å². The molecule has 19 heavy (non-hydrogen) atoms. The second-order valence-corrected chi connectivity index (χ2v) is 4.85. The van der Waals surface area contributed by atoms with Gasteiger partial charge in [-0.2, -0.15) is 0 Å². The normalized spacial score (nSPS) is 10.5. The third kappa shape index (κ3) is 3.02. The molecule has 0 aliphatic carbocycles. The lowest BCUT2D eigenvalue weighted by atomic mass is 10.3. The molecule has 2 aromatic heterocycles. The van der Waals surface area contributed by atoms with Gasteiger partial charge in [0.1, 0.15) is 22.5 Å². The fourth-order valence-corrected chi connectivity index (χ4v) is 2.45. The first-order chi connectivity index (χ1) is 8.99. The molecule has 0 aromatic carbocycles. The topological polar surface area (TPSA) is 110 Å². The lowest BCUT2D eigenvalue weighted by molar-refractivity contribution is 0.913. The van der Waals surface area contributed by atoms with E-state index in [4.69, 9.17) is 5.73 Å². The quantitative estimate of drug-likeness (QED) is 0.566. The van der Waals surface area contributed by atoms with Crippen LogP contribution in [-0.4, -0.2) is 27.0 Å². The van der Waals surface area contributed by atoms with Crippen molar-refractivity contribution in [1.29, 1.82) is 0 Å². The van der Waals surface area contributed by atoms with Gasteiger partial charge in [0.05, 0.1) is 0 Å². The van der Waals surface area contributed by atoms with Gasteiger partial charge in [-0.05, 0) is 25.6 Å². The average molecular weight is 278 g/mol. The Morgan fingerprint density at radius 3 is 2.68 bits per heavy atom. The van der Waals surface area contributed by atoms with Crippen molar-refractivity contribution in [2.75, 3.05) is 18.1 Å². The molecular formula is C11H14N6OS. The van der Waals surface area contributed by atoms with Crippen molar-refractivity contribution in [3.05, 3.63) is 27.8 Å². The lowest BCUT2D eigenvalue weighted by Crippen LogP contribution is -2.10. The van der Waals surface area contributed by atoms with Crippen LogP contribution in [0, 0.1) is 13.8 Å². The highest BCUT2D eigenvalue weighted by Crippen LogP contribution is 2.28. The van der Waals surface area contributed by atoms with E-state index in [0.29, 0.717) is 11.0 Å². The fourth-order valence-electron chi connectivity index (χ4n) is 1.54. The summed E-state index contributed by atoms with van der Waals surface area (Å²) in [5, 5.41) is 4.14. The fraction of sp³-hybridized carbons (Fsp3) is 0.273. The summed E-state index contributed by atoms with van der Waals surface area (Å²) >= 11 is 1.25. The Morgan fingerprint density at radius 1 is 1.32 bits per heavy atom. The number of nitrogens with two attached hydrogens (primary N) is 1. The molecule has 0 fully saturated rings. The van der Waals surface area contributed by atoms with Crippen molar-refractivity contribution in [3.8, 4) is 0 Å². The maximum Gasteiger partial charge on any atom is 0.253 e. The summed E-state index contributed by atoms with van der Waals surface area (Å²) < 4.78 is 0. The van der Waals surface area contributed by atoms with E-state index in [2.05, 4.69) is 25.3 Å². The number of hydrogen-bond acceptors (Lipinski definition) is 7. The van der Waals surface area contributed by atoms with E-state index in [1.807, 2.05) is 6.92 Å². The third-order valence-electron chi connectivity index (χ3n) is 2.38. The van der Waals surface area contributed by atoms with Gasteiger partial charge in [-0.15, -0.1) is 0 Å². The van der Waals surface area contributed by atoms with Gasteiger partial charge in [0.15, 0.2) is 5.16 Å². The Morgan fingerprint density at radius 2 is 2.05 bits per heavy atom. The van der Waals surface area contributed by atoms with Crippen molar-refractivity contribution < 1.29 is 0 Å². The van der Waals surface area contributed by atoms with E-state index in [1.165, 1.54) is 17.8 Å². The monoisotopic (exact) mass is 278 g/mol. The van der Waals surface area contributed by atoms with Gasteiger partial charge < -0.3 is 16.0 Å². The number of anilines is 2. The minimum absolute atomic E-state index is 0.184. The van der Waals surface area contributed by atoms with Gasteiger partial charge in [0, 0.05) is 18.7 Å². The predicted octanol–water partition coefficient (Wildman–Crippen LogP) is 0.952. The average Bonchev–Trinajstić information content (AvgIpc) is 2.32. The molecule has 0 atom stereocenters. The number of rotatable bonds is 3. The van der Waals surface area contributed by atoms with Gasteiger partial charge in [0.2, 0.25) is 0 Å². The van der Waals surface area contributed by atoms with Crippen LogP contribution in [0.25, 0.3) is 0 Å². The Kier molecular flexibility index (Phi) is 3.70. The van der Waals surface area contributed by atoms with Crippen LogP contribution in [0.2, 0.25) is 0 Å². The summed E-state index contributed by atoms with van der Waals surface area (Å²) in [5.74, 6) is 1.58. The molecule has 0 amide bonds. The molecule has 0 aliphatic rings. The van der Waals surface area contributed by atoms with Crippen molar-refractivity contribution >= 4 is 23.4 Å². The molecule has 100 valence electrons. The van der Waals surface area contributed by atoms with Gasteiger partial charge in [0.25, 0.3) is 5.56 Å². The number of H-pyrrole nitrogens is 1. The minimum atomic E-state index is -0.285. The van der Waals surface area contributed by atoms with Gasteiger partial charge in [-0.1, -0.05) is 0 Å². The highest BCUT2D eigenvalue weighted by Gasteiger charge is 2.11. The first-order valence-corrected chi connectivity index (χ1v) is 6.39. The number of nitrogens with zero attached hydrogens (tertiary/aromatic N) is 3. The van der Waals surface area contributed by atoms with E-state index in [-0.39, 0.29) is 11.4 Å². The number of aryl methyl sites for hydroxylation is 1. The summed E-state index contributed by atoms with van der Waals surface area (Å²) in [6, 6.07) is 1.24. The SMILES string of the molecule is CNc1nc(C)nc(Sc2nc(N)cc(=O)[nH]2)c1C. The molecule has 8 heteroatoms. The molecule has 2 heterocycles. The molecule has 0 radical (unpaired) electrons. The Labute approximate surface area is 114 Å². The van der Waals surface area contributed by atoms with Crippen LogP contribution in [0.4, 0.5) is 11.6 Å². The zero-order valence-corrected chi connectivity index (χ0v) is 11.6. The predicted molar refractivity (Wildman–Crippen MR) is 74.4 cm³/mol. The Hall–Kier alpha value is -2.09. The summed E-state index contributed by atoms with van der Waals surface area (Å²) in [7, 11) is 1.80. The van der Waals surface area contributed by atoms with Crippen LogP contribution in [-0.2, 0) is 0 Å². The number of aromatic amines is 1. The third-order valence-corrected chi connectivity index (χ3v) is 3.36. The first-order valence-electron chi connectivity index (χ1n) is 5.57. The highest BCUT2D eigenvalue weighted by atomic mass is 32.2. The summed E-state index contributed by atoms with van der Waals surface area (Å²) in [6.45, 7) is 3.71. The molecule has 0 saturated heterocycles. The molecule has 4 N–H and O–H groups in total. The molecule has 7 nitrogen and oxygen atoms in total. The van der Waals surface area contributed by atoms with E-state index >= 15 is 0 Å². The largest absolute Gasteiger partial charge is 0.383 e. The minimum Gasteiger partial charge on any atom is -0.383 e. The molecule has 2 aromatic rings. The van der Waals surface area contributed by atoms with Crippen LogP contribution in [0.3, 0.4) is 0 Å². The van der Waals surface area contributed by atoms with E-state index in [1.54, 1.807) is 14.0 Å². The number of nitrogen functional groups attached to an aromatic ring is 1. The molecule has 2 rings (SSSR count). The first kappa shape index (κ1) is 13.3. The van der Waals surface area contributed by atoms with Gasteiger partial charge >= 0.3 is 0 Å². The maximum absolute atomic E-state index is 11.3. The maximum atomic E-state index is 11.3. The lowest BCUT2D eigenvalue weighted by Gasteiger charge is -2.09. The summed E-state index contributed by atoms with van der Waals surface area (Å²) in [6.07, 6.45) is 0. The number of hydrogen-bond donors (Lipinski definition) is 3. The second kappa shape index (κ2) is 5.27. The highest BCUT2D eigenvalue weighted by molar-refractivity contribution is 7.99. The molecule has 0 unspecified atom stereocenters. The molecule has 0 saturated carbocycles. The molecule has 0 spiro atoms. The zero-order chi connectivity index (χ0) is 14.0. The van der Waals surface area contributed by atoms with Crippen molar-refractivity contribution in [1.82, 2.24) is 19.9 Å². The molecule has 0 aliphatic heterocycles. The van der Waals surface area contributed by atoms with Crippen LogP contribution >= 0.6 is 11.8 Å². The van der Waals surface area contributed by atoms with E-state index in [9.17, 15) is 4.79 Å². The van der Waals surface area contributed by atoms with Crippen LogP contribution in [0.15, 0.2) is 21.0 Å². The summed E-state index contributed by atoms with van der Waals surface area (Å²) in [5.41, 5.74) is 6.15. The van der Waals surface area contributed by atoms with Crippen molar-refractivity contribution in [3.63, 3.8) is 0 Å². The standard InChI is InChI=1S/C11H14N6OS/c1-5-9(13-3)14-6(2)15-10(5)19-11-16-7(12)4-8(18)17-11/h4H,1-3H3,(H,13,14,15)(H3,12,16,17,18). The molecular weight excluding hydrogens is 264 g/mol. The second-order valence-electron chi connectivity index (χ2n) is 3.88. The Balaban J connectivity index is 2.43. The summed E-state index contributed by atoms with van der Waals surface area (Å²) in [4.78, 5) is 26.6. The molecule has 0 bridgehead atoms. The van der Waals surface area contributed by atoms with Crippen LogP contribution < -0.4 is 16.6 Å². The number of aromatic nitrogens is 4. The van der Waals surface area contributed by atoms with Crippen molar-refractivity contribution in [2.45, 2.75) is 24.0 Å². The van der Waals surface area contributed by atoms with Crippen molar-refractivity contribution in [2.24, 2.45) is 0 Å². The Bertz CT molecular complexity index is 669. The van der Waals surface area contributed by atoms with E-state index < -0.39 is 0 Å². The van der Waals surface area contributed by atoms with E-state index in [0.717, 1.165) is 16.4 Å². The smallest absolute Gasteiger partial charge is 0.253 e.